The van der Waals surface area contributed by atoms with Crippen LogP contribution < -0.4 is 10.3 Å². The predicted molar refractivity (Wildman–Crippen MR) is 113 cm³/mol. The monoisotopic (exact) mass is 414 g/mol. The Bertz CT molecular complexity index is 1490. The van der Waals surface area contributed by atoms with Gasteiger partial charge in [-0.15, -0.1) is 5.10 Å². The van der Waals surface area contributed by atoms with Crippen LogP contribution >= 0.6 is 0 Å². The summed E-state index contributed by atoms with van der Waals surface area (Å²) in [5, 5.41) is 9.55. The van der Waals surface area contributed by atoms with Crippen LogP contribution in [0.2, 0.25) is 0 Å². The maximum absolute atomic E-state index is 13.3. The maximum Gasteiger partial charge on any atom is 0.262 e. The Morgan fingerprint density at radius 1 is 1.06 bits per heavy atom. The number of benzene rings is 2. The molecule has 6 rings (SSSR count). The average molecular weight is 414 g/mol. The highest BCUT2D eigenvalue weighted by atomic mass is 16.5. The van der Waals surface area contributed by atoms with Crippen LogP contribution in [0.25, 0.3) is 27.5 Å². The highest BCUT2D eigenvalue weighted by Crippen LogP contribution is 2.25. The van der Waals surface area contributed by atoms with Crippen molar-refractivity contribution in [2.45, 2.75) is 19.1 Å². The van der Waals surface area contributed by atoms with E-state index in [9.17, 15) is 4.79 Å². The van der Waals surface area contributed by atoms with Gasteiger partial charge in [0.05, 0.1) is 47.8 Å². The molecule has 9 nitrogen and oxygen atoms in total. The van der Waals surface area contributed by atoms with Gasteiger partial charge in [0.15, 0.2) is 11.5 Å². The van der Waals surface area contributed by atoms with Gasteiger partial charge in [-0.05, 0) is 24.3 Å². The Labute approximate surface area is 175 Å². The van der Waals surface area contributed by atoms with Crippen molar-refractivity contribution in [3.63, 3.8) is 0 Å². The molecule has 1 saturated heterocycles. The van der Waals surface area contributed by atoms with Gasteiger partial charge in [0.2, 0.25) is 5.88 Å². The summed E-state index contributed by atoms with van der Waals surface area (Å²) in [6.45, 7) is 1.39. The summed E-state index contributed by atoms with van der Waals surface area (Å²) in [5.41, 5.74) is 1.90. The molecule has 0 bridgehead atoms. The van der Waals surface area contributed by atoms with E-state index in [0.29, 0.717) is 41.5 Å². The molecule has 1 unspecified atom stereocenters. The number of para-hydroxylation sites is 2. The second-order valence-electron chi connectivity index (χ2n) is 7.48. The minimum absolute atomic E-state index is 0.0414. The summed E-state index contributed by atoms with van der Waals surface area (Å²) in [4.78, 5) is 22.6. The van der Waals surface area contributed by atoms with Crippen LogP contribution in [0.4, 0.5) is 0 Å². The first-order valence-electron chi connectivity index (χ1n) is 10.1. The summed E-state index contributed by atoms with van der Waals surface area (Å²) in [6.07, 6.45) is 2.35. The van der Waals surface area contributed by atoms with E-state index in [4.69, 9.17) is 9.47 Å². The molecule has 0 spiro atoms. The number of rotatable bonds is 4. The minimum atomic E-state index is -0.145. The normalized spacial score (nSPS) is 16.5. The van der Waals surface area contributed by atoms with Crippen molar-refractivity contribution >= 4 is 27.5 Å². The van der Waals surface area contributed by atoms with Crippen LogP contribution in [0.1, 0.15) is 12.2 Å². The summed E-state index contributed by atoms with van der Waals surface area (Å²) in [6, 6.07) is 15.0. The van der Waals surface area contributed by atoms with E-state index in [1.54, 1.807) is 21.3 Å². The van der Waals surface area contributed by atoms with E-state index in [1.807, 2.05) is 42.5 Å². The fourth-order valence-corrected chi connectivity index (χ4v) is 3.99. The van der Waals surface area contributed by atoms with Crippen LogP contribution in [0.3, 0.4) is 0 Å². The first-order valence-corrected chi connectivity index (χ1v) is 10.1. The topological polar surface area (TPSA) is 96.4 Å². The largest absolute Gasteiger partial charge is 0.471 e. The molecular weight excluding hydrogens is 396 g/mol. The molecule has 1 atom stereocenters. The fourth-order valence-electron chi connectivity index (χ4n) is 3.99. The zero-order valence-corrected chi connectivity index (χ0v) is 16.5. The quantitative estimate of drug-likeness (QED) is 0.445. The summed E-state index contributed by atoms with van der Waals surface area (Å²) in [5.74, 6) is 0.987. The third kappa shape index (κ3) is 3.01. The molecular formula is C22H18N6O3. The molecule has 0 N–H and O–H groups in total. The lowest BCUT2D eigenvalue weighted by Crippen LogP contribution is -2.25. The average Bonchev–Trinajstić information content (AvgIpc) is 3.49. The Hall–Kier alpha value is -3.85. The van der Waals surface area contributed by atoms with E-state index in [0.717, 1.165) is 17.3 Å². The summed E-state index contributed by atoms with van der Waals surface area (Å²) >= 11 is 0. The zero-order valence-electron chi connectivity index (χ0n) is 16.5. The third-order valence-corrected chi connectivity index (χ3v) is 5.50. The van der Waals surface area contributed by atoms with E-state index < -0.39 is 0 Å². The van der Waals surface area contributed by atoms with Gasteiger partial charge in [-0.25, -0.2) is 4.98 Å². The maximum atomic E-state index is 13.3. The molecule has 2 aromatic carbocycles. The second-order valence-corrected chi connectivity index (χ2v) is 7.48. The van der Waals surface area contributed by atoms with Gasteiger partial charge in [-0.3, -0.25) is 9.36 Å². The standard InChI is InChI=1S/C22H18N6O3/c29-22-16-6-2-4-8-18(16)28-20(11-23-26-28)27(22)12-19-24-17-7-3-1-5-15(17)21(25-19)31-14-9-10-30-13-14/h1-8,11,14H,9-10,12-13H2. The van der Waals surface area contributed by atoms with Crippen molar-refractivity contribution in [1.29, 1.82) is 0 Å². The third-order valence-electron chi connectivity index (χ3n) is 5.50. The molecule has 1 fully saturated rings. The molecule has 5 aromatic rings. The van der Waals surface area contributed by atoms with Gasteiger partial charge < -0.3 is 9.47 Å². The lowest BCUT2D eigenvalue weighted by Gasteiger charge is -2.15. The van der Waals surface area contributed by atoms with E-state index in [1.165, 1.54) is 0 Å². The van der Waals surface area contributed by atoms with Gasteiger partial charge in [0.1, 0.15) is 6.10 Å². The van der Waals surface area contributed by atoms with E-state index in [-0.39, 0.29) is 18.2 Å². The van der Waals surface area contributed by atoms with E-state index >= 15 is 0 Å². The number of aromatic nitrogens is 6. The molecule has 154 valence electrons. The van der Waals surface area contributed by atoms with Crippen LogP contribution in [0, 0.1) is 0 Å². The van der Waals surface area contributed by atoms with E-state index in [2.05, 4.69) is 20.3 Å². The van der Waals surface area contributed by atoms with Gasteiger partial charge >= 0.3 is 0 Å². The first-order chi connectivity index (χ1) is 15.3. The highest BCUT2D eigenvalue weighted by molar-refractivity contribution is 5.83. The second kappa shape index (κ2) is 7.13. The summed E-state index contributed by atoms with van der Waals surface area (Å²) in [7, 11) is 0. The highest BCUT2D eigenvalue weighted by Gasteiger charge is 2.20. The first kappa shape index (κ1) is 18.0. The SMILES string of the molecule is O=c1c2ccccc2n2nncc2n1Cc1nc(OC2CCOC2)c2ccccc2n1. The number of hydrogen-bond acceptors (Lipinski definition) is 7. The fraction of sp³-hybridized carbons (Fsp3) is 0.227. The van der Waals surface area contributed by atoms with Crippen LogP contribution in [-0.4, -0.2) is 48.7 Å². The number of fused-ring (bicyclic) bond motifs is 4. The van der Waals surface area contributed by atoms with Gasteiger partial charge in [-0.1, -0.05) is 29.5 Å². The molecule has 3 aromatic heterocycles. The Morgan fingerprint density at radius 2 is 1.90 bits per heavy atom. The number of ether oxygens (including phenoxy) is 2. The Kier molecular flexibility index (Phi) is 4.13. The molecule has 1 aliphatic heterocycles. The number of nitrogens with zero attached hydrogens (tertiary/aromatic N) is 6. The van der Waals surface area contributed by atoms with Crippen molar-refractivity contribution in [2.75, 3.05) is 13.2 Å². The van der Waals surface area contributed by atoms with Crippen molar-refractivity contribution in [3.8, 4) is 5.88 Å². The van der Waals surface area contributed by atoms with Crippen LogP contribution in [0.15, 0.2) is 59.5 Å². The predicted octanol–water partition coefficient (Wildman–Crippen LogP) is 2.20. The Morgan fingerprint density at radius 3 is 2.77 bits per heavy atom. The zero-order chi connectivity index (χ0) is 20.8. The molecule has 9 heteroatoms. The molecule has 4 heterocycles. The molecule has 0 aliphatic carbocycles. The lowest BCUT2D eigenvalue weighted by atomic mass is 10.2. The minimum Gasteiger partial charge on any atom is -0.471 e. The van der Waals surface area contributed by atoms with Gasteiger partial charge in [-0.2, -0.15) is 9.50 Å². The molecule has 0 radical (unpaired) electrons. The van der Waals surface area contributed by atoms with Crippen LogP contribution in [-0.2, 0) is 11.3 Å². The summed E-state index contributed by atoms with van der Waals surface area (Å²) < 4.78 is 14.8. The van der Waals surface area contributed by atoms with Crippen LogP contribution in [0.5, 0.6) is 5.88 Å². The smallest absolute Gasteiger partial charge is 0.262 e. The Balaban J connectivity index is 1.50. The molecule has 0 saturated carbocycles. The van der Waals surface area contributed by atoms with Crippen molar-refractivity contribution in [2.24, 2.45) is 0 Å². The van der Waals surface area contributed by atoms with Gasteiger partial charge in [0.25, 0.3) is 5.56 Å². The van der Waals surface area contributed by atoms with Gasteiger partial charge in [0, 0.05) is 6.42 Å². The lowest BCUT2D eigenvalue weighted by molar-refractivity contribution is 0.139. The van der Waals surface area contributed by atoms with Crippen molar-refractivity contribution < 1.29 is 9.47 Å². The van der Waals surface area contributed by atoms with Crippen molar-refractivity contribution in [1.82, 2.24) is 29.4 Å². The molecule has 0 amide bonds. The number of hydrogen-bond donors (Lipinski definition) is 0. The molecule has 1 aliphatic rings. The van der Waals surface area contributed by atoms with Crippen molar-refractivity contribution in [3.05, 3.63) is 70.9 Å². The molecule has 31 heavy (non-hydrogen) atoms.